The van der Waals surface area contributed by atoms with Crippen LogP contribution >= 0.6 is 0 Å². The van der Waals surface area contributed by atoms with Gasteiger partial charge in [-0.25, -0.2) is 0 Å². The van der Waals surface area contributed by atoms with E-state index in [0.29, 0.717) is 24.4 Å². The Morgan fingerprint density at radius 1 is 1.16 bits per heavy atom. The Morgan fingerprint density at radius 2 is 1.88 bits per heavy atom. The minimum absolute atomic E-state index is 0.274. The zero-order valence-corrected chi connectivity index (χ0v) is 13.6. The molecule has 1 aromatic heterocycles. The third-order valence-electron chi connectivity index (χ3n) is 3.32. The molecule has 2 N–H and O–H groups in total. The molecule has 0 fully saturated rings. The smallest absolute Gasteiger partial charge is 0.385 e. The number of anilines is 2. The Morgan fingerprint density at radius 3 is 2.52 bits per heavy atom. The lowest BCUT2D eigenvalue weighted by atomic mass is 10.2. The highest BCUT2D eigenvalue weighted by Gasteiger charge is 2.29. The number of rotatable bonds is 7. The number of hydrogen-bond donors (Lipinski definition) is 2. The second kappa shape index (κ2) is 8.48. The maximum atomic E-state index is 12.5. The van der Waals surface area contributed by atoms with E-state index in [0.717, 1.165) is 18.6 Å². The maximum Gasteiger partial charge on any atom is 0.416 e. The number of nitrogens with one attached hydrogen (secondary N) is 2. The summed E-state index contributed by atoms with van der Waals surface area (Å²) in [6, 6.07) is 5.88. The summed E-state index contributed by atoms with van der Waals surface area (Å²) in [7, 11) is 1.62. The zero-order valence-electron chi connectivity index (χ0n) is 13.6. The monoisotopic (exact) mass is 353 g/mol. The van der Waals surface area contributed by atoms with Crippen molar-refractivity contribution in [2.75, 3.05) is 30.9 Å². The fourth-order valence-electron chi connectivity index (χ4n) is 2.06. The third kappa shape index (κ3) is 5.75. The lowest BCUT2D eigenvalue weighted by Crippen LogP contribution is -2.13. The van der Waals surface area contributed by atoms with Crippen molar-refractivity contribution in [3.8, 4) is 0 Å². The van der Waals surface area contributed by atoms with E-state index in [1.54, 1.807) is 19.4 Å². The van der Waals surface area contributed by atoms with Gasteiger partial charge in [0.05, 0.1) is 16.8 Å². The fourth-order valence-corrected chi connectivity index (χ4v) is 2.06. The normalized spacial score (nSPS) is 11.2. The first-order valence-corrected chi connectivity index (χ1v) is 7.56. The number of benzene rings is 1. The fraction of sp³-hybridized carbons (Fsp3) is 0.294. The van der Waals surface area contributed by atoms with Crippen LogP contribution in [0.15, 0.2) is 42.7 Å². The summed E-state index contributed by atoms with van der Waals surface area (Å²) in [6.45, 7) is 1.29. The zero-order chi connectivity index (χ0) is 18.3. The van der Waals surface area contributed by atoms with Crippen molar-refractivity contribution in [2.45, 2.75) is 12.6 Å². The number of hydrogen-bond acceptors (Lipinski definition) is 4. The molecule has 0 saturated heterocycles. The van der Waals surface area contributed by atoms with E-state index >= 15 is 0 Å². The summed E-state index contributed by atoms with van der Waals surface area (Å²) < 4.78 is 42.5. The van der Waals surface area contributed by atoms with Gasteiger partial charge in [0.25, 0.3) is 5.91 Å². The lowest BCUT2D eigenvalue weighted by Gasteiger charge is -2.10. The van der Waals surface area contributed by atoms with Crippen molar-refractivity contribution in [1.29, 1.82) is 0 Å². The number of carbonyl (C=O) groups excluding carboxylic acids is 1. The quantitative estimate of drug-likeness (QED) is 0.743. The van der Waals surface area contributed by atoms with Gasteiger partial charge in [0.2, 0.25) is 0 Å². The molecule has 0 unspecified atom stereocenters. The van der Waals surface area contributed by atoms with E-state index in [1.165, 1.54) is 18.3 Å². The molecule has 5 nitrogen and oxygen atoms in total. The van der Waals surface area contributed by atoms with Gasteiger partial charge < -0.3 is 15.4 Å². The van der Waals surface area contributed by atoms with Crippen LogP contribution in [-0.2, 0) is 10.9 Å². The van der Waals surface area contributed by atoms with Gasteiger partial charge in [0.15, 0.2) is 0 Å². The second-order valence-electron chi connectivity index (χ2n) is 5.26. The summed E-state index contributed by atoms with van der Waals surface area (Å²) >= 11 is 0. The average Bonchev–Trinajstić information content (AvgIpc) is 2.59. The first-order valence-electron chi connectivity index (χ1n) is 7.56. The molecule has 0 aliphatic carbocycles. The van der Waals surface area contributed by atoms with Gasteiger partial charge in [-0.2, -0.15) is 13.2 Å². The number of halogens is 3. The van der Waals surface area contributed by atoms with Gasteiger partial charge >= 0.3 is 6.18 Å². The Bertz CT molecular complexity index is 703. The second-order valence-corrected chi connectivity index (χ2v) is 5.26. The van der Waals surface area contributed by atoms with Crippen LogP contribution in [0, 0.1) is 0 Å². The first-order chi connectivity index (χ1) is 11.9. The Hall–Kier alpha value is -2.61. The van der Waals surface area contributed by atoms with Crippen LogP contribution in [0.2, 0.25) is 0 Å². The molecule has 1 heterocycles. The van der Waals surface area contributed by atoms with Crippen LogP contribution in [-0.4, -0.2) is 31.2 Å². The predicted octanol–water partition coefficient (Wildman–Crippen LogP) is 3.80. The number of ether oxygens (including phenoxy) is 1. The summed E-state index contributed by atoms with van der Waals surface area (Å²) in [5, 5.41) is 5.66. The number of nitrogens with zero attached hydrogens (tertiary/aromatic N) is 1. The summed E-state index contributed by atoms with van der Waals surface area (Å²) in [4.78, 5) is 16.2. The molecule has 1 amide bonds. The van der Waals surface area contributed by atoms with Crippen molar-refractivity contribution in [3.63, 3.8) is 0 Å². The molecule has 0 aliphatic rings. The summed E-state index contributed by atoms with van der Waals surface area (Å²) in [5.41, 5.74) is 0.485. The Kier molecular flexibility index (Phi) is 6.35. The Balaban J connectivity index is 1.98. The van der Waals surface area contributed by atoms with E-state index in [4.69, 9.17) is 4.74 Å². The number of methoxy groups -OCH3 is 1. The van der Waals surface area contributed by atoms with Crippen molar-refractivity contribution < 1.29 is 22.7 Å². The summed E-state index contributed by atoms with van der Waals surface area (Å²) in [6.07, 6.45) is -0.630. The van der Waals surface area contributed by atoms with Gasteiger partial charge in [-0.1, -0.05) is 0 Å². The van der Waals surface area contributed by atoms with Crippen LogP contribution in [0.25, 0.3) is 0 Å². The number of alkyl halides is 3. The number of carbonyl (C=O) groups is 1. The van der Waals surface area contributed by atoms with Crippen LogP contribution in [0.4, 0.5) is 24.5 Å². The highest BCUT2D eigenvalue weighted by molar-refractivity contribution is 6.04. The van der Waals surface area contributed by atoms with E-state index < -0.39 is 17.6 Å². The molecule has 0 radical (unpaired) electrons. The molecule has 0 bridgehead atoms. The van der Waals surface area contributed by atoms with Crippen LogP contribution in [0.5, 0.6) is 0 Å². The van der Waals surface area contributed by atoms with Gasteiger partial charge in [0.1, 0.15) is 0 Å². The van der Waals surface area contributed by atoms with Crippen LogP contribution in [0.1, 0.15) is 22.3 Å². The molecule has 1 aromatic carbocycles. The molecule has 0 atom stereocenters. The lowest BCUT2D eigenvalue weighted by molar-refractivity contribution is -0.137. The van der Waals surface area contributed by atoms with Crippen LogP contribution < -0.4 is 10.6 Å². The maximum absolute atomic E-state index is 12.5. The molecule has 134 valence electrons. The molecule has 0 spiro atoms. The highest BCUT2D eigenvalue weighted by atomic mass is 19.4. The van der Waals surface area contributed by atoms with Gasteiger partial charge in [-0.05, 0) is 36.8 Å². The number of aromatic nitrogens is 1. The summed E-state index contributed by atoms with van der Waals surface area (Å²) in [5.74, 6) is -0.451. The van der Waals surface area contributed by atoms with E-state index in [1.807, 2.05) is 0 Å². The highest BCUT2D eigenvalue weighted by Crippen LogP contribution is 2.29. The number of amides is 1. The van der Waals surface area contributed by atoms with E-state index in [2.05, 4.69) is 15.6 Å². The van der Waals surface area contributed by atoms with Gasteiger partial charge in [-0.3, -0.25) is 9.78 Å². The predicted molar refractivity (Wildman–Crippen MR) is 88.6 cm³/mol. The van der Waals surface area contributed by atoms with Crippen molar-refractivity contribution in [2.24, 2.45) is 0 Å². The molecule has 8 heteroatoms. The van der Waals surface area contributed by atoms with Crippen molar-refractivity contribution in [3.05, 3.63) is 53.9 Å². The topological polar surface area (TPSA) is 63.2 Å². The van der Waals surface area contributed by atoms with Crippen molar-refractivity contribution >= 4 is 17.3 Å². The van der Waals surface area contributed by atoms with Gasteiger partial charge in [0, 0.05) is 38.3 Å². The standard InChI is InChI=1S/C17H18F3N3O2/c1-25-8-2-7-22-15-9-12(10-21-11-15)16(24)23-14-5-3-13(4-6-14)17(18,19)20/h3-6,9-11,22H,2,7-8H2,1H3,(H,23,24). The van der Waals surface area contributed by atoms with Crippen LogP contribution in [0.3, 0.4) is 0 Å². The Labute approximate surface area is 143 Å². The van der Waals surface area contributed by atoms with Crippen molar-refractivity contribution in [1.82, 2.24) is 4.98 Å². The minimum Gasteiger partial charge on any atom is -0.385 e. The minimum atomic E-state index is -4.41. The van der Waals surface area contributed by atoms with Gasteiger partial charge in [-0.15, -0.1) is 0 Å². The molecular weight excluding hydrogens is 335 g/mol. The largest absolute Gasteiger partial charge is 0.416 e. The molecular formula is C17H18F3N3O2. The SMILES string of the molecule is COCCCNc1cncc(C(=O)Nc2ccc(C(F)(F)F)cc2)c1. The average molecular weight is 353 g/mol. The molecule has 0 saturated carbocycles. The first kappa shape index (κ1) is 18.7. The molecule has 25 heavy (non-hydrogen) atoms. The molecule has 2 aromatic rings. The van der Waals surface area contributed by atoms with E-state index in [9.17, 15) is 18.0 Å². The molecule has 0 aliphatic heterocycles. The third-order valence-corrected chi connectivity index (χ3v) is 3.32. The van der Waals surface area contributed by atoms with E-state index in [-0.39, 0.29) is 5.69 Å². The molecule has 2 rings (SSSR count). The number of pyridine rings is 1.